The predicted molar refractivity (Wildman–Crippen MR) is 167 cm³/mol. The lowest BCUT2D eigenvalue weighted by molar-refractivity contribution is -0.183. The first-order valence-electron chi connectivity index (χ1n) is 16.9. The molecular weight excluding hydrogens is 504 g/mol. The molecule has 5 fully saturated rings. The molecule has 0 aromatic carbocycles. The predicted octanol–water partition coefficient (Wildman–Crippen LogP) is 7.51. The van der Waals surface area contributed by atoms with E-state index in [1.54, 1.807) is 5.57 Å². The van der Waals surface area contributed by atoms with E-state index >= 15 is 0 Å². The van der Waals surface area contributed by atoms with E-state index in [1.165, 1.54) is 44.1 Å². The molecule has 226 valence electrons. The van der Waals surface area contributed by atoms with Gasteiger partial charge in [-0.05, 0) is 123 Å². The molecule has 4 unspecified atom stereocenters. The molecule has 1 aliphatic heterocycles. The van der Waals surface area contributed by atoms with Crippen molar-refractivity contribution < 1.29 is 9.59 Å². The number of amides is 1. The van der Waals surface area contributed by atoms with E-state index < -0.39 is 11.3 Å². The molecule has 1 heterocycles. The smallest absolute Gasteiger partial charge is 0.230 e. The number of carbonyl (C=O) groups excluding carboxylic acids is 2. The normalized spacial score (nSPS) is 45.5. The van der Waals surface area contributed by atoms with Gasteiger partial charge in [0.25, 0.3) is 0 Å². The quantitative estimate of drug-likeness (QED) is 0.280. The molecule has 0 radical (unpaired) electrons. The zero-order valence-corrected chi connectivity index (χ0v) is 26.7. The van der Waals surface area contributed by atoms with Crippen molar-refractivity contribution >= 4 is 11.7 Å². The number of hydrogen-bond donors (Lipinski definition) is 1. The van der Waals surface area contributed by atoms with Crippen molar-refractivity contribution in [3.63, 3.8) is 0 Å². The van der Waals surface area contributed by atoms with Gasteiger partial charge in [-0.25, -0.2) is 0 Å². The fourth-order valence-corrected chi connectivity index (χ4v) is 11.6. The van der Waals surface area contributed by atoms with Crippen LogP contribution in [0.25, 0.3) is 0 Å². The number of likely N-dealkylation sites (tertiary alicyclic amines) is 1. The summed E-state index contributed by atoms with van der Waals surface area (Å²) in [6, 6.07) is 0. The SMILES string of the molecule is C=C[C@]12CC(C(=O)NCCN3CCCC3)C(=O)C(C)(C)C1CC[C@]1(C)C2CC=C2C3CC(=C)CC[C@]3(C)CC[C@]21C. The van der Waals surface area contributed by atoms with Crippen molar-refractivity contribution in [3.05, 3.63) is 36.5 Å². The van der Waals surface area contributed by atoms with E-state index in [0.29, 0.717) is 30.2 Å². The molecule has 4 saturated carbocycles. The van der Waals surface area contributed by atoms with Gasteiger partial charge in [0.15, 0.2) is 5.78 Å². The van der Waals surface area contributed by atoms with Gasteiger partial charge in [0, 0.05) is 18.5 Å². The van der Waals surface area contributed by atoms with Crippen molar-refractivity contribution in [3.8, 4) is 0 Å². The summed E-state index contributed by atoms with van der Waals surface area (Å²) in [5, 5.41) is 3.20. The second-order valence-electron chi connectivity index (χ2n) is 16.4. The van der Waals surface area contributed by atoms with Gasteiger partial charge < -0.3 is 10.2 Å². The molecule has 0 aromatic heterocycles. The van der Waals surface area contributed by atoms with Gasteiger partial charge in [-0.2, -0.15) is 0 Å². The van der Waals surface area contributed by atoms with E-state index in [2.05, 4.69) is 70.1 Å². The maximum Gasteiger partial charge on any atom is 0.230 e. The first-order chi connectivity index (χ1) is 19.3. The summed E-state index contributed by atoms with van der Waals surface area (Å²) in [6.45, 7) is 24.7. The third-order valence-electron chi connectivity index (χ3n) is 14.4. The van der Waals surface area contributed by atoms with Gasteiger partial charge in [-0.15, -0.1) is 6.58 Å². The summed E-state index contributed by atoms with van der Waals surface area (Å²) in [5.41, 5.74) is 3.03. The number of nitrogens with zero attached hydrogens (tertiary/aromatic N) is 1. The summed E-state index contributed by atoms with van der Waals surface area (Å²) in [5.74, 6) is 0.735. The van der Waals surface area contributed by atoms with E-state index in [9.17, 15) is 9.59 Å². The van der Waals surface area contributed by atoms with Crippen LogP contribution in [0.5, 0.6) is 0 Å². The maximum atomic E-state index is 14.0. The van der Waals surface area contributed by atoms with Crippen LogP contribution < -0.4 is 5.32 Å². The van der Waals surface area contributed by atoms with Crippen LogP contribution in [0.2, 0.25) is 0 Å². The summed E-state index contributed by atoms with van der Waals surface area (Å²) >= 11 is 0. The first-order valence-corrected chi connectivity index (χ1v) is 16.9. The number of carbonyl (C=O) groups is 2. The largest absolute Gasteiger partial charge is 0.354 e. The lowest BCUT2D eigenvalue weighted by atomic mass is 9.33. The second-order valence-corrected chi connectivity index (χ2v) is 16.4. The Morgan fingerprint density at radius 2 is 1.80 bits per heavy atom. The van der Waals surface area contributed by atoms with Crippen molar-refractivity contribution in [1.29, 1.82) is 0 Å². The van der Waals surface area contributed by atoms with E-state index in [1.807, 2.05) is 0 Å². The average molecular weight is 561 g/mol. The molecule has 0 spiro atoms. The Morgan fingerprint density at radius 3 is 2.51 bits per heavy atom. The Hall–Kier alpha value is -1.68. The molecule has 1 saturated heterocycles. The highest BCUT2D eigenvalue weighted by Crippen LogP contribution is 2.75. The van der Waals surface area contributed by atoms with Crippen LogP contribution in [-0.2, 0) is 9.59 Å². The van der Waals surface area contributed by atoms with Crippen LogP contribution in [0, 0.1) is 50.7 Å². The molecule has 4 heteroatoms. The number of allylic oxidation sites excluding steroid dienone is 4. The lowest BCUT2D eigenvalue weighted by Gasteiger charge is -2.70. The molecule has 6 aliphatic rings. The van der Waals surface area contributed by atoms with Crippen LogP contribution in [0.15, 0.2) is 36.5 Å². The molecule has 0 bridgehead atoms. The molecule has 1 amide bonds. The van der Waals surface area contributed by atoms with Crippen molar-refractivity contribution in [2.75, 3.05) is 26.2 Å². The van der Waals surface area contributed by atoms with Crippen LogP contribution >= 0.6 is 0 Å². The van der Waals surface area contributed by atoms with Crippen LogP contribution in [0.3, 0.4) is 0 Å². The minimum Gasteiger partial charge on any atom is -0.354 e. The maximum absolute atomic E-state index is 14.0. The summed E-state index contributed by atoms with van der Waals surface area (Å²) in [4.78, 5) is 30.2. The van der Waals surface area contributed by atoms with Crippen molar-refractivity contribution in [2.24, 2.45) is 50.7 Å². The number of ketones is 1. The molecule has 6 rings (SSSR count). The first kappa shape index (κ1) is 29.4. The Bertz CT molecular complexity index is 1160. The summed E-state index contributed by atoms with van der Waals surface area (Å²) in [7, 11) is 0. The zero-order chi connectivity index (χ0) is 29.4. The van der Waals surface area contributed by atoms with E-state index in [0.717, 1.165) is 45.3 Å². The molecular formula is C37H56N2O2. The van der Waals surface area contributed by atoms with Gasteiger partial charge in [0.1, 0.15) is 0 Å². The number of hydrogen-bond acceptors (Lipinski definition) is 3. The number of Topliss-reactive ketones (excluding diaryl/α,β-unsaturated/α-hetero) is 1. The zero-order valence-electron chi connectivity index (χ0n) is 26.7. The Morgan fingerprint density at radius 1 is 1.07 bits per heavy atom. The Balaban J connectivity index is 1.33. The standard InChI is InChI=1S/C37H56N2O2/c1-8-37-24-26(32(41)38-19-22-39-20-9-10-21-39)31(40)33(3,4)29(37)14-16-36(7)30(37)12-11-27-28-23-25(2)13-15-34(28,5)17-18-35(27,36)6/h8,11,26,28-30H,1-2,9-10,12-24H2,3-7H3,(H,38,41)/t26?,28?,29?,30?,34-,35-,36-,37+/m1/s1. The van der Waals surface area contributed by atoms with Crippen LogP contribution in [0.1, 0.15) is 105 Å². The van der Waals surface area contributed by atoms with Gasteiger partial charge in [-0.3, -0.25) is 9.59 Å². The highest BCUT2D eigenvalue weighted by Gasteiger charge is 2.69. The van der Waals surface area contributed by atoms with E-state index in [-0.39, 0.29) is 33.9 Å². The average Bonchev–Trinajstić information content (AvgIpc) is 3.45. The van der Waals surface area contributed by atoms with Gasteiger partial charge in [-0.1, -0.05) is 64.5 Å². The van der Waals surface area contributed by atoms with E-state index in [4.69, 9.17) is 0 Å². The van der Waals surface area contributed by atoms with Crippen molar-refractivity contribution in [1.82, 2.24) is 10.2 Å². The minimum absolute atomic E-state index is 0.0540. The van der Waals surface area contributed by atoms with Gasteiger partial charge in [0.2, 0.25) is 5.91 Å². The molecule has 0 aromatic rings. The van der Waals surface area contributed by atoms with Crippen LogP contribution in [0.4, 0.5) is 0 Å². The molecule has 4 nitrogen and oxygen atoms in total. The third kappa shape index (κ3) is 4.15. The summed E-state index contributed by atoms with van der Waals surface area (Å²) in [6.07, 6.45) is 17.4. The lowest BCUT2D eigenvalue weighted by Crippen LogP contribution is -2.66. The number of rotatable bonds is 5. The Kier molecular flexibility index (Phi) is 7.12. The summed E-state index contributed by atoms with van der Waals surface area (Å²) < 4.78 is 0. The molecule has 1 N–H and O–H groups in total. The fourth-order valence-electron chi connectivity index (χ4n) is 11.6. The molecule has 41 heavy (non-hydrogen) atoms. The molecule has 5 aliphatic carbocycles. The highest BCUT2D eigenvalue weighted by molar-refractivity contribution is 6.04. The minimum atomic E-state index is -0.588. The Labute approximate surface area is 249 Å². The van der Waals surface area contributed by atoms with Crippen LogP contribution in [-0.4, -0.2) is 42.8 Å². The topological polar surface area (TPSA) is 49.4 Å². The third-order valence-corrected chi connectivity index (χ3v) is 14.4. The highest BCUT2D eigenvalue weighted by atomic mass is 16.2. The molecule has 8 atom stereocenters. The second kappa shape index (κ2) is 9.93. The number of fused-ring (bicyclic) bond motifs is 7. The number of nitrogens with one attached hydrogen (secondary N) is 1. The van der Waals surface area contributed by atoms with Gasteiger partial charge in [0.05, 0.1) is 5.92 Å². The fraction of sp³-hybridized carbons (Fsp3) is 0.784. The monoisotopic (exact) mass is 560 g/mol. The van der Waals surface area contributed by atoms with Crippen molar-refractivity contribution in [2.45, 2.75) is 105 Å². The van der Waals surface area contributed by atoms with Gasteiger partial charge >= 0.3 is 0 Å².